The van der Waals surface area contributed by atoms with Crippen molar-refractivity contribution in [2.75, 3.05) is 7.11 Å². The smallest absolute Gasteiger partial charge is 0.338 e. The summed E-state index contributed by atoms with van der Waals surface area (Å²) in [5.41, 5.74) is 0.100. The third-order valence-electron chi connectivity index (χ3n) is 2.05. The maximum Gasteiger partial charge on any atom is 0.338 e. The SMILES string of the molecule is COC(=O)c1ccnc(-n2[nH]ccc2=O)c1. The number of hydrogen-bond donors (Lipinski definition) is 1. The monoisotopic (exact) mass is 219 g/mol. The van der Waals surface area contributed by atoms with Crippen molar-refractivity contribution in [2.45, 2.75) is 0 Å². The fraction of sp³-hybridized carbons (Fsp3) is 0.100. The first-order chi connectivity index (χ1) is 7.72. The van der Waals surface area contributed by atoms with Crippen LogP contribution in [0, 0.1) is 0 Å². The molecule has 82 valence electrons. The first-order valence-electron chi connectivity index (χ1n) is 4.53. The summed E-state index contributed by atoms with van der Waals surface area (Å²) in [5.74, 6) is -0.124. The molecule has 0 bridgehead atoms. The summed E-state index contributed by atoms with van der Waals surface area (Å²) in [6, 6.07) is 4.36. The van der Waals surface area contributed by atoms with Crippen molar-refractivity contribution in [3.63, 3.8) is 0 Å². The molecule has 6 heteroatoms. The number of ether oxygens (including phenoxy) is 1. The average molecular weight is 219 g/mol. The van der Waals surface area contributed by atoms with E-state index in [1.165, 1.54) is 42.4 Å². The number of aromatic nitrogens is 3. The highest BCUT2D eigenvalue weighted by Gasteiger charge is 2.08. The van der Waals surface area contributed by atoms with Gasteiger partial charge in [0, 0.05) is 18.5 Å². The van der Waals surface area contributed by atoms with Gasteiger partial charge in [-0.2, -0.15) is 0 Å². The molecule has 0 saturated heterocycles. The van der Waals surface area contributed by atoms with Gasteiger partial charge in [-0.1, -0.05) is 0 Å². The van der Waals surface area contributed by atoms with Crippen LogP contribution in [0.2, 0.25) is 0 Å². The number of nitrogens with one attached hydrogen (secondary N) is 1. The molecular weight excluding hydrogens is 210 g/mol. The molecule has 2 aromatic rings. The molecule has 0 aliphatic rings. The van der Waals surface area contributed by atoms with Crippen molar-refractivity contribution >= 4 is 5.97 Å². The lowest BCUT2D eigenvalue weighted by Gasteiger charge is -2.02. The molecule has 0 unspecified atom stereocenters. The molecule has 2 aromatic heterocycles. The van der Waals surface area contributed by atoms with E-state index in [0.29, 0.717) is 11.4 Å². The van der Waals surface area contributed by atoms with Crippen molar-refractivity contribution in [2.24, 2.45) is 0 Å². The Morgan fingerprint density at radius 3 is 2.94 bits per heavy atom. The number of pyridine rings is 1. The van der Waals surface area contributed by atoms with Gasteiger partial charge in [-0.3, -0.25) is 9.89 Å². The molecule has 2 rings (SSSR count). The van der Waals surface area contributed by atoms with Gasteiger partial charge in [0.25, 0.3) is 5.56 Å². The molecule has 16 heavy (non-hydrogen) atoms. The molecule has 0 aromatic carbocycles. The van der Waals surface area contributed by atoms with Gasteiger partial charge in [0.15, 0.2) is 5.82 Å². The lowest BCUT2D eigenvalue weighted by atomic mass is 10.2. The largest absolute Gasteiger partial charge is 0.465 e. The van der Waals surface area contributed by atoms with Crippen molar-refractivity contribution in [3.8, 4) is 5.82 Å². The van der Waals surface area contributed by atoms with Crippen LogP contribution in [0.3, 0.4) is 0 Å². The second kappa shape index (κ2) is 4.01. The maximum absolute atomic E-state index is 11.3. The third-order valence-corrected chi connectivity index (χ3v) is 2.05. The molecule has 0 fully saturated rings. The minimum atomic E-state index is -0.469. The zero-order chi connectivity index (χ0) is 11.5. The molecule has 0 aliphatic carbocycles. The molecule has 0 saturated carbocycles. The summed E-state index contributed by atoms with van der Waals surface area (Å²) in [5, 5.41) is 2.70. The highest BCUT2D eigenvalue weighted by atomic mass is 16.5. The first-order valence-corrected chi connectivity index (χ1v) is 4.53. The predicted molar refractivity (Wildman–Crippen MR) is 55.5 cm³/mol. The number of methoxy groups -OCH3 is 1. The van der Waals surface area contributed by atoms with Crippen LogP contribution in [0.5, 0.6) is 0 Å². The lowest BCUT2D eigenvalue weighted by Crippen LogP contribution is -2.15. The summed E-state index contributed by atoms with van der Waals surface area (Å²) in [6.45, 7) is 0. The van der Waals surface area contributed by atoms with Gasteiger partial charge in [-0.05, 0) is 12.1 Å². The van der Waals surface area contributed by atoms with Gasteiger partial charge >= 0.3 is 5.97 Å². The first kappa shape index (κ1) is 10.2. The van der Waals surface area contributed by atoms with E-state index >= 15 is 0 Å². The van der Waals surface area contributed by atoms with E-state index < -0.39 is 5.97 Å². The number of esters is 1. The van der Waals surface area contributed by atoms with E-state index in [1.54, 1.807) is 0 Å². The second-order valence-electron chi connectivity index (χ2n) is 3.03. The van der Waals surface area contributed by atoms with Crippen LogP contribution in [0.25, 0.3) is 5.82 Å². The zero-order valence-electron chi connectivity index (χ0n) is 8.51. The quantitative estimate of drug-likeness (QED) is 0.739. The summed E-state index contributed by atoms with van der Waals surface area (Å²) in [4.78, 5) is 26.6. The molecule has 2 heterocycles. The van der Waals surface area contributed by atoms with Crippen LogP contribution >= 0.6 is 0 Å². The van der Waals surface area contributed by atoms with E-state index in [4.69, 9.17) is 0 Å². The van der Waals surface area contributed by atoms with Crippen LogP contribution in [0.4, 0.5) is 0 Å². The molecule has 0 aliphatic heterocycles. The van der Waals surface area contributed by atoms with Crippen molar-refractivity contribution < 1.29 is 9.53 Å². The topological polar surface area (TPSA) is 77.0 Å². The number of H-pyrrole nitrogens is 1. The fourth-order valence-corrected chi connectivity index (χ4v) is 1.29. The Kier molecular flexibility index (Phi) is 2.55. The van der Waals surface area contributed by atoms with Crippen molar-refractivity contribution in [1.82, 2.24) is 14.8 Å². The van der Waals surface area contributed by atoms with E-state index in [0.717, 1.165) is 0 Å². The Hall–Kier alpha value is -2.37. The molecule has 0 radical (unpaired) electrons. The van der Waals surface area contributed by atoms with Gasteiger partial charge in [0.2, 0.25) is 0 Å². The number of rotatable bonds is 2. The number of hydrogen-bond acceptors (Lipinski definition) is 4. The minimum Gasteiger partial charge on any atom is -0.465 e. The highest BCUT2D eigenvalue weighted by molar-refractivity contribution is 5.89. The van der Waals surface area contributed by atoms with E-state index in [-0.39, 0.29) is 5.56 Å². The maximum atomic E-state index is 11.3. The Morgan fingerprint density at radius 2 is 2.31 bits per heavy atom. The summed E-state index contributed by atoms with van der Waals surface area (Å²) >= 11 is 0. The summed E-state index contributed by atoms with van der Waals surface area (Å²) < 4.78 is 5.80. The molecule has 0 spiro atoms. The third kappa shape index (κ3) is 1.72. The Balaban J connectivity index is 2.48. The molecule has 1 N–H and O–H groups in total. The summed E-state index contributed by atoms with van der Waals surface area (Å²) in [7, 11) is 1.29. The van der Waals surface area contributed by atoms with Crippen LogP contribution in [-0.4, -0.2) is 27.8 Å². The Labute approximate surface area is 90.5 Å². The van der Waals surface area contributed by atoms with Gasteiger partial charge < -0.3 is 4.74 Å². The normalized spacial score (nSPS) is 10.1. The Bertz CT molecular complexity index is 570. The summed E-state index contributed by atoms with van der Waals surface area (Å²) in [6.07, 6.45) is 2.93. The van der Waals surface area contributed by atoms with E-state index in [2.05, 4.69) is 14.8 Å². The lowest BCUT2D eigenvalue weighted by molar-refractivity contribution is 0.0600. The van der Waals surface area contributed by atoms with Gasteiger partial charge in [-0.25, -0.2) is 14.5 Å². The number of carbonyl (C=O) groups is 1. The van der Waals surface area contributed by atoms with Gasteiger partial charge in [-0.15, -0.1) is 0 Å². The van der Waals surface area contributed by atoms with Crippen LogP contribution in [-0.2, 0) is 4.74 Å². The standard InChI is InChI=1S/C10H9N3O3/c1-16-10(15)7-2-4-11-8(6-7)13-9(14)3-5-12-13/h2-6,12H,1H3. The van der Waals surface area contributed by atoms with E-state index in [1.807, 2.05) is 0 Å². The van der Waals surface area contributed by atoms with Crippen LogP contribution in [0.1, 0.15) is 10.4 Å². The van der Waals surface area contributed by atoms with Crippen molar-refractivity contribution in [1.29, 1.82) is 0 Å². The van der Waals surface area contributed by atoms with Crippen molar-refractivity contribution in [3.05, 3.63) is 46.5 Å². The molecule has 0 amide bonds. The molecule has 6 nitrogen and oxygen atoms in total. The predicted octanol–water partition coefficient (Wildman–Crippen LogP) is 0.347. The van der Waals surface area contributed by atoms with Crippen LogP contribution < -0.4 is 5.56 Å². The Morgan fingerprint density at radius 1 is 1.50 bits per heavy atom. The zero-order valence-corrected chi connectivity index (χ0v) is 8.51. The fourth-order valence-electron chi connectivity index (χ4n) is 1.29. The van der Waals surface area contributed by atoms with Gasteiger partial charge in [0.05, 0.1) is 12.7 Å². The molecule has 0 atom stereocenters. The van der Waals surface area contributed by atoms with E-state index in [9.17, 15) is 9.59 Å². The average Bonchev–Trinajstić information content (AvgIpc) is 2.74. The van der Waals surface area contributed by atoms with Gasteiger partial charge in [0.1, 0.15) is 0 Å². The second-order valence-corrected chi connectivity index (χ2v) is 3.03. The number of carbonyl (C=O) groups excluding carboxylic acids is 1. The minimum absolute atomic E-state index is 0.241. The van der Waals surface area contributed by atoms with Crippen LogP contribution in [0.15, 0.2) is 35.4 Å². The highest BCUT2D eigenvalue weighted by Crippen LogP contribution is 2.05. The number of nitrogens with zero attached hydrogens (tertiary/aromatic N) is 2. The number of aromatic amines is 1. The molecular formula is C10H9N3O3.